The molecular formula is C26H28N8O2. The minimum atomic E-state index is -0.948. The molecule has 0 aliphatic carbocycles. The fourth-order valence-electron chi connectivity index (χ4n) is 3.25. The van der Waals surface area contributed by atoms with Crippen molar-refractivity contribution in [2.24, 2.45) is 5.11 Å². The molecule has 2 heterocycles. The lowest BCUT2D eigenvalue weighted by Crippen LogP contribution is -2.16. The van der Waals surface area contributed by atoms with Crippen LogP contribution in [0, 0.1) is 16.9 Å². The molecule has 4 N–H and O–H groups in total. The Morgan fingerprint density at radius 1 is 1.17 bits per heavy atom. The number of aliphatic carboxylic acids is 1. The number of nitriles is 1. The van der Waals surface area contributed by atoms with Gasteiger partial charge < -0.3 is 15.7 Å². The van der Waals surface area contributed by atoms with Crippen LogP contribution in [0.25, 0.3) is 17.0 Å². The highest BCUT2D eigenvalue weighted by Crippen LogP contribution is 2.24. The second kappa shape index (κ2) is 11.7. The molecule has 0 aliphatic heterocycles. The van der Waals surface area contributed by atoms with Crippen LogP contribution >= 0.6 is 0 Å². The average molecular weight is 485 g/mol. The van der Waals surface area contributed by atoms with Gasteiger partial charge in [-0.25, -0.2) is 15.5 Å². The van der Waals surface area contributed by atoms with E-state index in [1.807, 2.05) is 18.2 Å². The molecule has 0 atom stereocenters. The summed E-state index contributed by atoms with van der Waals surface area (Å²) in [4.78, 5) is 24.5. The van der Waals surface area contributed by atoms with Crippen molar-refractivity contribution in [1.29, 1.82) is 10.8 Å². The van der Waals surface area contributed by atoms with Gasteiger partial charge in [0.25, 0.3) is 0 Å². The van der Waals surface area contributed by atoms with Gasteiger partial charge in [0, 0.05) is 29.4 Å². The third-order valence-corrected chi connectivity index (χ3v) is 5.12. The first-order valence-corrected chi connectivity index (χ1v) is 11.3. The summed E-state index contributed by atoms with van der Waals surface area (Å²) in [6.45, 7) is 6.86. The second-order valence-corrected chi connectivity index (χ2v) is 9.01. The zero-order valence-corrected chi connectivity index (χ0v) is 20.4. The van der Waals surface area contributed by atoms with Crippen LogP contribution in [0.4, 0.5) is 5.95 Å². The van der Waals surface area contributed by atoms with Crippen molar-refractivity contribution >= 4 is 17.6 Å². The number of hydrogen-bond donors (Lipinski definition) is 4. The Hall–Kier alpha value is -4.65. The van der Waals surface area contributed by atoms with E-state index in [0.717, 1.165) is 11.4 Å². The van der Waals surface area contributed by atoms with E-state index in [1.165, 1.54) is 0 Å². The van der Waals surface area contributed by atoms with Crippen molar-refractivity contribution in [2.75, 3.05) is 11.9 Å². The number of nitrogens with zero attached hydrogens (tertiary/aromatic N) is 5. The van der Waals surface area contributed by atoms with Crippen molar-refractivity contribution < 1.29 is 9.90 Å². The van der Waals surface area contributed by atoms with E-state index in [-0.39, 0.29) is 30.0 Å². The molecule has 0 radical (unpaired) electrons. The highest BCUT2D eigenvalue weighted by molar-refractivity contribution is 5.70. The fraction of sp³-hybridized carbons (Fsp3) is 0.269. The van der Waals surface area contributed by atoms with Gasteiger partial charge in [0.05, 0.1) is 41.7 Å². The Morgan fingerprint density at radius 3 is 2.64 bits per heavy atom. The molecule has 3 rings (SSSR count). The first kappa shape index (κ1) is 26.0. The maximum absolute atomic E-state index is 10.9. The van der Waals surface area contributed by atoms with E-state index in [0.29, 0.717) is 29.1 Å². The number of carbonyl (C=O) groups is 1. The third-order valence-electron chi connectivity index (χ3n) is 5.12. The molecule has 10 nitrogen and oxygen atoms in total. The number of nitrogens with one attached hydrogen (secondary N) is 3. The van der Waals surface area contributed by atoms with E-state index >= 15 is 0 Å². The van der Waals surface area contributed by atoms with Gasteiger partial charge in [0.1, 0.15) is 5.70 Å². The van der Waals surface area contributed by atoms with Crippen LogP contribution in [0.1, 0.15) is 49.8 Å². The van der Waals surface area contributed by atoms with Crippen LogP contribution in [0.2, 0.25) is 0 Å². The molecular weight excluding hydrogens is 456 g/mol. The molecule has 10 heteroatoms. The summed E-state index contributed by atoms with van der Waals surface area (Å²) in [6.07, 6.45) is 1.47. The lowest BCUT2D eigenvalue weighted by atomic mass is 9.91. The number of aromatic nitrogens is 3. The normalized spacial score (nSPS) is 11.4. The molecule has 3 aromatic rings. The van der Waals surface area contributed by atoms with Gasteiger partial charge in [-0.3, -0.25) is 9.78 Å². The quantitative estimate of drug-likeness (QED) is 0.301. The first-order valence-electron chi connectivity index (χ1n) is 11.3. The van der Waals surface area contributed by atoms with E-state index < -0.39 is 5.97 Å². The van der Waals surface area contributed by atoms with Crippen LogP contribution in [0.3, 0.4) is 0 Å². The van der Waals surface area contributed by atoms with Crippen molar-refractivity contribution in [3.63, 3.8) is 0 Å². The molecule has 36 heavy (non-hydrogen) atoms. The predicted octanol–water partition coefficient (Wildman–Crippen LogP) is 4.71. The maximum atomic E-state index is 10.9. The monoisotopic (exact) mass is 484 g/mol. The topological polar surface area (TPSA) is 160 Å². The van der Waals surface area contributed by atoms with Crippen molar-refractivity contribution in [3.8, 4) is 17.3 Å². The Bertz CT molecular complexity index is 1320. The number of rotatable bonds is 10. The summed E-state index contributed by atoms with van der Waals surface area (Å²) < 4.78 is 0. The van der Waals surface area contributed by atoms with E-state index in [1.54, 1.807) is 36.5 Å². The van der Waals surface area contributed by atoms with Gasteiger partial charge in [-0.2, -0.15) is 10.4 Å². The smallest absolute Gasteiger partial charge is 0.305 e. The zero-order chi connectivity index (χ0) is 26.1. The molecule has 0 spiro atoms. The molecule has 0 bridgehead atoms. The molecule has 0 saturated carbocycles. The Balaban J connectivity index is 1.90. The lowest BCUT2D eigenvalue weighted by molar-refractivity contribution is -0.136. The summed E-state index contributed by atoms with van der Waals surface area (Å²) >= 11 is 0. The van der Waals surface area contributed by atoms with Crippen LogP contribution in [-0.2, 0) is 16.8 Å². The molecule has 0 unspecified atom stereocenters. The number of benzene rings is 1. The Kier molecular flexibility index (Phi) is 8.41. The highest BCUT2D eigenvalue weighted by atomic mass is 16.4. The minimum absolute atomic E-state index is 0.0717. The van der Waals surface area contributed by atoms with Gasteiger partial charge in [-0.05, 0) is 30.3 Å². The van der Waals surface area contributed by atoms with E-state index in [4.69, 9.17) is 15.6 Å². The Morgan fingerprint density at radius 2 is 1.94 bits per heavy atom. The first-order chi connectivity index (χ1) is 17.2. The maximum Gasteiger partial charge on any atom is 0.305 e. The molecule has 184 valence electrons. The summed E-state index contributed by atoms with van der Waals surface area (Å²) in [5.74, 6) is -0.754. The van der Waals surface area contributed by atoms with Gasteiger partial charge in [-0.15, -0.1) is 0 Å². The number of pyridine rings is 1. The standard InChI is InChI=1S/C26H28N8O2/c1-26(2,3)23-9-5-8-19(31-23)15-29-16-22(34-28)21-13-20(18-7-4-6-17(12-18)14-27)32-25(33-21)30-11-10-24(35)36/h4-9,12-13,16,28-29H,10-11,15H2,1-3H3,(H,35,36)(H,30,32,33)/b22-16-,34-28?. The Labute approximate surface area is 209 Å². The summed E-state index contributed by atoms with van der Waals surface area (Å²) in [5, 5.41) is 27.9. The SMILES string of the molecule is CC(C)(C)c1cccc(CN/C=C(\N=N)c2cc(-c3cccc(C#N)c3)nc(NCCC(=O)O)n2)n1. The van der Waals surface area contributed by atoms with Crippen molar-refractivity contribution in [1.82, 2.24) is 20.3 Å². The molecule has 0 fully saturated rings. The second-order valence-electron chi connectivity index (χ2n) is 9.01. The average Bonchev–Trinajstić information content (AvgIpc) is 2.86. The van der Waals surface area contributed by atoms with E-state index in [9.17, 15) is 10.1 Å². The van der Waals surface area contributed by atoms with Gasteiger partial charge in [0.15, 0.2) is 0 Å². The van der Waals surface area contributed by atoms with Crippen LogP contribution < -0.4 is 10.6 Å². The summed E-state index contributed by atoms with van der Waals surface area (Å²) in [7, 11) is 0. The highest BCUT2D eigenvalue weighted by Gasteiger charge is 2.15. The van der Waals surface area contributed by atoms with Crippen LogP contribution in [0.5, 0.6) is 0 Å². The number of hydrogen-bond acceptors (Lipinski definition) is 9. The van der Waals surface area contributed by atoms with Crippen LogP contribution in [0.15, 0.2) is 59.8 Å². The largest absolute Gasteiger partial charge is 0.481 e. The summed E-state index contributed by atoms with van der Waals surface area (Å²) in [6, 6.07) is 16.6. The number of carboxylic acids is 1. The lowest BCUT2D eigenvalue weighted by Gasteiger charge is -2.18. The van der Waals surface area contributed by atoms with Gasteiger partial charge in [0.2, 0.25) is 5.95 Å². The van der Waals surface area contributed by atoms with Crippen molar-refractivity contribution in [3.05, 3.63) is 77.4 Å². The predicted molar refractivity (Wildman–Crippen MR) is 136 cm³/mol. The molecule has 1 aromatic carbocycles. The number of carboxylic acid groups (broad SMARTS) is 1. The van der Waals surface area contributed by atoms with Crippen molar-refractivity contribution in [2.45, 2.75) is 39.2 Å². The summed E-state index contributed by atoms with van der Waals surface area (Å²) in [5.41, 5.74) is 11.7. The molecule has 0 amide bonds. The fourth-order valence-corrected chi connectivity index (χ4v) is 3.25. The van der Waals surface area contributed by atoms with Crippen LogP contribution in [-0.4, -0.2) is 32.6 Å². The third kappa shape index (κ3) is 7.17. The molecule has 2 aromatic heterocycles. The minimum Gasteiger partial charge on any atom is -0.481 e. The van der Waals surface area contributed by atoms with E-state index in [2.05, 4.69) is 52.6 Å². The van der Waals surface area contributed by atoms with Gasteiger partial charge >= 0.3 is 5.97 Å². The number of anilines is 1. The molecule has 0 saturated heterocycles. The van der Waals surface area contributed by atoms with Gasteiger partial charge in [-0.1, -0.05) is 39.0 Å². The molecule has 0 aliphatic rings. The zero-order valence-electron chi connectivity index (χ0n) is 20.4.